The Morgan fingerprint density at radius 2 is 1.96 bits per heavy atom. The third kappa shape index (κ3) is 4.87. The lowest BCUT2D eigenvalue weighted by atomic mass is 10.2. The van der Waals surface area contributed by atoms with Crippen LogP contribution in [0.2, 0.25) is 0 Å². The highest BCUT2D eigenvalue weighted by Crippen LogP contribution is 2.16. The number of nitrogens with zero attached hydrogens (tertiary/aromatic N) is 1. The number of cyclic esters (lactones) is 1. The zero-order chi connectivity index (χ0) is 17.7. The van der Waals surface area contributed by atoms with Gasteiger partial charge in [0, 0.05) is 0 Å². The fourth-order valence-electron chi connectivity index (χ4n) is 1.94. The van der Waals surface area contributed by atoms with Crippen LogP contribution in [0.1, 0.15) is 26.3 Å². The van der Waals surface area contributed by atoms with Crippen LogP contribution in [-0.4, -0.2) is 41.6 Å². The fourth-order valence-corrected chi connectivity index (χ4v) is 1.94. The lowest BCUT2D eigenvalue weighted by Gasteiger charge is -2.25. The molecule has 1 aromatic rings. The van der Waals surface area contributed by atoms with E-state index in [2.05, 4.69) is 5.32 Å². The minimum Gasteiger partial charge on any atom is -0.445 e. The summed E-state index contributed by atoms with van der Waals surface area (Å²) in [6.07, 6.45) is -3.51. The highest BCUT2D eigenvalue weighted by Gasteiger charge is 2.41. The van der Waals surface area contributed by atoms with E-state index in [1.807, 2.05) is 30.3 Å². The lowest BCUT2D eigenvalue weighted by Crippen LogP contribution is -2.51. The predicted molar refractivity (Wildman–Crippen MR) is 83.0 cm³/mol. The maximum absolute atomic E-state index is 12.1. The van der Waals surface area contributed by atoms with Crippen molar-refractivity contribution in [3.63, 3.8) is 0 Å². The Bertz CT molecular complexity index is 611. The Hall–Kier alpha value is -2.77. The molecule has 1 atom stereocenters. The summed E-state index contributed by atoms with van der Waals surface area (Å²) in [6.45, 7) is 4.91. The summed E-state index contributed by atoms with van der Waals surface area (Å²) in [5.41, 5.74) is 0.0357. The number of ether oxygens (including phenoxy) is 3. The van der Waals surface area contributed by atoms with Gasteiger partial charge in [0.05, 0.1) is 0 Å². The number of carbonyl (C=O) groups is 3. The van der Waals surface area contributed by atoms with E-state index in [1.165, 1.54) is 0 Å². The molecule has 0 aliphatic carbocycles. The molecule has 0 saturated carbocycles. The van der Waals surface area contributed by atoms with Crippen LogP contribution in [0.3, 0.4) is 0 Å². The maximum Gasteiger partial charge on any atom is 0.421 e. The third-order valence-electron chi connectivity index (χ3n) is 2.96. The summed E-state index contributed by atoms with van der Waals surface area (Å²) in [4.78, 5) is 36.3. The van der Waals surface area contributed by atoms with Crippen molar-refractivity contribution >= 4 is 18.3 Å². The molecule has 0 radical (unpaired) electrons. The summed E-state index contributed by atoms with van der Waals surface area (Å²) in [6, 6.07) is 9.11. The van der Waals surface area contributed by atoms with Crippen LogP contribution >= 0.6 is 0 Å². The van der Waals surface area contributed by atoms with Gasteiger partial charge in [0.1, 0.15) is 18.8 Å². The zero-order valence-electron chi connectivity index (χ0n) is 13.8. The topological polar surface area (TPSA) is 94.2 Å². The first kappa shape index (κ1) is 17.6. The van der Waals surface area contributed by atoms with Gasteiger partial charge in [-0.25, -0.2) is 14.4 Å². The molecule has 1 aliphatic heterocycles. The second-order valence-corrected chi connectivity index (χ2v) is 6.15. The largest absolute Gasteiger partial charge is 0.445 e. The van der Waals surface area contributed by atoms with Crippen molar-refractivity contribution < 1.29 is 28.6 Å². The number of hydrogen-bond donors (Lipinski definition) is 1. The molecule has 2 rings (SSSR count). The first-order valence-corrected chi connectivity index (χ1v) is 7.42. The molecule has 1 aliphatic rings. The summed E-state index contributed by atoms with van der Waals surface area (Å²) in [5.74, 6) is 0. The molecule has 0 bridgehead atoms. The van der Waals surface area contributed by atoms with Gasteiger partial charge in [-0.05, 0) is 26.3 Å². The third-order valence-corrected chi connectivity index (χ3v) is 2.96. The van der Waals surface area contributed by atoms with E-state index >= 15 is 0 Å². The molecule has 8 heteroatoms. The minimum absolute atomic E-state index is 0.0701. The van der Waals surface area contributed by atoms with Crippen LogP contribution in [0.5, 0.6) is 0 Å². The van der Waals surface area contributed by atoms with Gasteiger partial charge in [-0.15, -0.1) is 0 Å². The number of carbonyl (C=O) groups excluding carboxylic acids is 3. The van der Waals surface area contributed by atoms with Gasteiger partial charge in [0.15, 0.2) is 6.17 Å². The number of imide groups is 1. The fraction of sp³-hybridized carbons (Fsp3) is 0.438. The van der Waals surface area contributed by atoms with Gasteiger partial charge in [0.2, 0.25) is 0 Å². The average Bonchev–Trinajstić information content (AvgIpc) is 2.85. The normalized spacial score (nSPS) is 17.2. The molecule has 1 saturated heterocycles. The molecule has 24 heavy (non-hydrogen) atoms. The standard InChI is InChI=1S/C16H20N2O6/c1-16(2,3)24-15(21)18-12(10-23-14(18)20)17-13(19)22-9-11-7-5-4-6-8-11/h4-8,12H,9-10H2,1-3H3,(H,17,19)/t12-/m1/s1. The molecule has 130 valence electrons. The van der Waals surface area contributed by atoms with Crippen molar-refractivity contribution in [3.8, 4) is 0 Å². The van der Waals surface area contributed by atoms with E-state index < -0.39 is 30.0 Å². The average molecular weight is 336 g/mol. The van der Waals surface area contributed by atoms with Gasteiger partial charge >= 0.3 is 18.3 Å². The van der Waals surface area contributed by atoms with Crippen LogP contribution in [0.15, 0.2) is 30.3 Å². The highest BCUT2D eigenvalue weighted by atomic mass is 16.6. The van der Waals surface area contributed by atoms with Gasteiger partial charge < -0.3 is 14.2 Å². The van der Waals surface area contributed by atoms with Crippen LogP contribution in [-0.2, 0) is 20.8 Å². The SMILES string of the molecule is CC(C)(C)OC(=O)N1C(=O)OC[C@@H]1NC(=O)OCc1ccccc1. The summed E-state index contributed by atoms with van der Waals surface area (Å²) < 4.78 is 15.0. The van der Waals surface area contributed by atoms with Crippen LogP contribution in [0.4, 0.5) is 14.4 Å². The molecule has 1 aromatic carbocycles. The highest BCUT2D eigenvalue weighted by molar-refractivity contribution is 5.90. The summed E-state index contributed by atoms with van der Waals surface area (Å²) in [7, 11) is 0. The quantitative estimate of drug-likeness (QED) is 0.853. The van der Waals surface area contributed by atoms with Crippen molar-refractivity contribution in [2.45, 2.75) is 39.1 Å². The molecule has 0 unspecified atom stereocenters. The lowest BCUT2D eigenvalue weighted by molar-refractivity contribution is 0.0271. The second kappa shape index (κ2) is 7.20. The van der Waals surface area contributed by atoms with Gasteiger partial charge in [-0.1, -0.05) is 30.3 Å². The van der Waals surface area contributed by atoms with E-state index in [-0.39, 0.29) is 13.2 Å². The van der Waals surface area contributed by atoms with E-state index in [9.17, 15) is 14.4 Å². The number of alkyl carbamates (subject to hydrolysis) is 1. The summed E-state index contributed by atoms with van der Waals surface area (Å²) in [5, 5.41) is 2.41. The Kier molecular flexibility index (Phi) is 5.28. The van der Waals surface area contributed by atoms with Gasteiger partial charge in [0.25, 0.3) is 0 Å². The minimum atomic E-state index is -0.976. The van der Waals surface area contributed by atoms with E-state index in [1.54, 1.807) is 20.8 Å². The van der Waals surface area contributed by atoms with E-state index in [0.29, 0.717) is 0 Å². The number of rotatable bonds is 3. The Labute approximate surface area is 139 Å². The Morgan fingerprint density at radius 3 is 2.58 bits per heavy atom. The molecule has 8 nitrogen and oxygen atoms in total. The van der Waals surface area contributed by atoms with Gasteiger partial charge in [-0.3, -0.25) is 5.32 Å². The van der Waals surface area contributed by atoms with Crippen molar-refractivity contribution in [2.75, 3.05) is 6.61 Å². The van der Waals surface area contributed by atoms with E-state index in [4.69, 9.17) is 14.2 Å². The number of benzene rings is 1. The van der Waals surface area contributed by atoms with Crippen molar-refractivity contribution in [1.29, 1.82) is 0 Å². The van der Waals surface area contributed by atoms with Crippen molar-refractivity contribution in [1.82, 2.24) is 10.2 Å². The molecule has 1 fully saturated rings. The monoisotopic (exact) mass is 336 g/mol. The first-order valence-electron chi connectivity index (χ1n) is 7.42. The van der Waals surface area contributed by atoms with Crippen LogP contribution in [0.25, 0.3) is 0 Å². The zero-order valence-corrected chi connectivity index (χ0v) is 13.8. The van der Waals surface area contributed by atoms with Gasteiger partial charge in [-0.2, -0.15) is 4.90 Å². The molecule has 3 amide bonds. The van der Waals surface area contributed by atoms with Crippen LogP contribution in [0, 0.1) is 0 Å². The van der Waals surface area contributed by atoms with Crippen molar-refractivity contribution in [2.24, 2.45) is 0 Å². The summed E-state index contributed by atoms with van der Waals surface area (Å²) >= 11 is 0. The van der Waals surface area contributed by atoms with E-state index in [0.717, 1.165) is 10.5 Å². The molecule has 0 aromatic heterocycles. The first-order chi connectivity index (χ1) is 11.3. The van der Waals surface area contributed by atoms with Crippen molar-refractivity contribution in [3.05, 3.63) is 35.9 Å². The molecular formula is C16H20N2O6. The maximum atomic E-state index is 12.1. The molecule has 1 heterocycles. The molecule has 1 N–H and O–H groups in total. The smallest absolute Gasteiger partial charge is 0.421 e. The predicted octanol–water partition coefficient (Wildman–Crippen LogP) is 2.63. The molecular weight excluding hydrogens is 316 g/mol. The number of nitrogens with one attached hydrogen (secondary N) is 1. The molecule has 0 spiro atoms. The van der Waals surface area contributed by atoms with Crippen LogP contribution < -0.4 is 5.32 Å². The second-order valence-electron chi connectivity index (χ2n) is 6.15. The Morgan fingerprint density at radius 1 is 1.29 bits per heavy atom. The Balaban J connectivity index is 1.91. The number of amides is 3. The number of hydrogen-bond acceptors (Lipinski definition) is 6.